The van der Waals surface area contributed by atoms with E-state index < -0.39 is 5.97 Å². The van der Waals surface area contributed by atoms with Crippen LogP contribution in [0.15, 0.2) is 23.8 Å². The molecule has 0 bridgehead atoms. The topological polar surface area (TPSA) is 61.2 Å². The van der Waals surface area contributed by atoms with E-state index in [4.69, 9.17) is 10.5 Å². The van der Waals surface area contributed by atoms with E-state index in [1.165, 1.54) is 25.2 Å². The van der Waals surface area contributed by atoms with Crippen molar-refractivity contribution in [3.8, 4) is 0 Å². The first-order valence-corrected chi connectivity index (χ1v) is 2.76. The number of rotatable bonds is 3. The summed E-state index contributed by atoms with van der Waals surface area (Å²) < 4.78 is 0. The molecule has 0 amide bonds. The maximum absolute atomic E-state index is 10.1. The first-order valence-electron chi connectivity index (χ1n) is 2.76. The summed E-state index contributed by atoms with van der Waals surface area (Å²) in [5, 5.41) is 14.9. The second-order valence-corrected chi connectivity index (χ2v) is 1.71. The highest BCUT2D eigenvalue weighted by molar-refractivity contribution is 5.86. The summed E-state index contributed by atoms with van der Waals surface area (Å²) in [5.74, 6) is -0.936. The number of carboxylic acid groups (broad SMARTS) is 1. The Balaban J connectivity index is 4.04. The number of carbonyl (C=O) groups is 1. The summed E-state index contributed by atoms with van der Waals surface area (Å²) in [6.45, 7) is 1.50. The lowest BCUT2D eigenvalue weighted by molar-refractivity contribution is -0.132. The van der Waals surface area contributed by atoms with Crippen LogP contribution in [0.2, 0.25) is 0 Å². The van der Waals surface area contributed by atoms with Crippen LogP contribution in [-0.2, 0) is 4.79 Å². The molecule has 3 nitrogen and oxygen atoms in total. The van der Waals surface area contributed by atoms with Crippen molar-refractivity contribution in [3.05, 3.63) is 23.8 Å². The Bertz CT molecular complexity index is 192. The van der Waals surface area contributed by atoms with E-state index in [9.17, 15) is 4.79 Å². The van der Waals surface area contributed by atoms with Gasteiger partial charge in [0, 0.05) is 11.8 Å². The Morgan fingerprint density at radius 3 is 2.50 bits per heavy atom. The lowest BCUT2D eigenvalue weighted by Crippen LogP contribution is -1.94. The molecular weight excluding hydrogens is 130 g/mol. The largest absolute Gasteiger partial charge is 0.478 e. The van der Waals surface area contributed by atoms with Crippen molar-refractivity contribution >= 4 is 12.2 Å². The van der Waals surface area contributed by atoms with Gasteiger partial charge in [-0.1, -0.05) is 12.2 Å². The predicted octanol–water partition coefficient (Wildman–Crippen LogP) is 1.22. The first-order chi connectivity index (χ1) is 4.68. The SMILES string of the molecule is C/C(=C\C=C/C=N)C(=O)O. The Morgan fingerprint density at radius 2 is 2.10 bits per heavy atom. The molecule has 0 saturated heterocycles. The molecule has 0 aromatic rings. The average molecular weight is 139 g/mol. The maximum Gasteiger partial charge on any atom is 0.331 e. The minimum atomic E-state index is -0.936. The number of allylic oxidation sites excluding steroid dienone is 3. The zero-order valence-electron chi connectivity index (χ0n) is 5.66. The highest BCUT2D eigenvalue weighted by Gasteiger charge is 1.94. The Kier molecular flexibility index (Phi) is 3.87. The van der Waals surface area contributed by atoms with Gasteiger partial charge >= 0.3 is 5.97 Å². The fraction of sp³-hybridized carbons (Fsp3) is 0.143. The first kappa shape index (κ1) is 8.62. The van der Waals surface area contributed by atoms with Gasteiger partial charge in [0.15, 0.2) is 0 Å². The van der Waals surface area contributed by atoms with Gasteiger partial charge in [-0.2, -0.15) is 0 Å². The summed E-state index contributed by atoms with van der Waals surface area (Å²) in [5.41, 5.74) is 0.262. The molecule has 10 heavy (non-hydrogen) atoms. The molecule has 3 heteroatoms. The van der Waals surface area contributed by atoms with Crippen LogP contribution in [0, 0.1) is 5.41 Å². The highest BCUT2D eigenvalue weighted by Crippen LogP contribution is 1.91. The van der Waals surface area contributed by atoms with Gasteiger partial charge in [0.1, 0.15) is 0 Å². The van der Waals surface area contributed by atoms with Crippen LogP contribution in [0.25, 0.3) is 0 Å². The highest BCUT2D eigenvalue weighted by atomic mass is 16.4. The quantitative estimate of drug-likeness (QED) is 0.351. The van der Waals surface area contributed by atoms with Gasteiger partial charge < -0.3 is 10.5 Å². The molecule has 0 heterocycles. The van der Waals surface area contributed by atoms with E-state index in [-0.39, 0.29) is 5.57 Å². The molecule has 0 unspecified atom stereocenters. The Labute approximate surface area is 59.2 Å². The smallest absolute Gasteiger partial charge is 0.331 e. The van der Waals surface area contributed by atoms with Crippen molar-refractivity contribution in [1.82, 2.24) is 0 Å². The molecule has 0 radical (unpaired) electrons. The van der Waals surface area contributed by atoms with Crippen LogP contribution in [0.5, 0.6) is 0 Å². The molecule has 0 rings (SSSR count). The molecule has 0 atom stereocenters. The van der Waals surface area contributed by atoms with Crippen LogP contribution in [0.3, 0.4) is 0 Å². The molecule has 0 aliphatic heterocycles. The van der Waals surface area contributed by atoms with E-state index in [2.05, 4.69) is 0 Å². The van der Waals surface area contributed by atoms with E-state index >= 15 is 0 Å². The molecule has 0 fully saturated rings. The van der Waals surface area contributed by atoms with E-state index in [0.717, 1.165) is 6.21 Å². The zero-order valence-corrected chi connectivity index (χ0v) is 5.66. The molecule has 54 valence electrons. The maximum atomic E-state index is 10.1. The van der Waals surface area contributed by atoms with E-state index in [1.54, 1.807) is 0 Å². The zero-order chi connectivity index (χ0) is 7.98. The summed E-state index contributed by atoms with van der Waals surface area (Å²) in [6.07, 6.45) is 5.49. The van der Waals surface area contributed by atoms with Crippen molar-refractivity contribution in [2.75, 3.05) is 0 Å². The molecule has 0 saturated carbocycles. The molecular formula is C7H9NO2. The van der Waals surface area contributed by atoms with E-state index in [1.807, 2.05) is 0 Å². The van der Waals surface area contributed by atoms with Gasteiger partial charge in [0.05, 0.1) is 0 Å². The molecule has 0 aromatic carbocycles. The van der Waals surface area contributed by atoms with Gasteiger partial charge in [-0.05, 0) is 13.0 Å². The Hall–Kier alpha value is -1.38. The van der Waals surface area contributed by atoms with Gasteiger partial charge in [0.25, 0.3) is 0 Å². The third-order valence-corrected chi connectivity index (χ3v) is 0.891. The van der Waals surface area contributed by atoms with Crippen molar-refractivity contribution < 1.29 is 9.90 Å². The number of aliphatic carboxylic acids is 1. The second-order valence-electron chi connectivity index (χ2n) is 1.71. The third-order valence-electron chi connectivity index (χ3n) is 0.891. The number of carboxylic acids is 1. The summed E-state index contributed by atoms with van der Waals surface area (Å²) >= 11 is 0. The fourth-order valence-electron chi connectivity index (χ4n) is 0.327. The molecule has 0 aliphatic carbocycles. The number of nitrogens with one attached hydrogen (secondary N) is 1. The van der Waals surface area contributed by atoms with Crippen LogP contribution in [-0.4, -0.2) is 17.3 Å². The molecule has 2 N–H and O–H groups in total. The Morgan fingerprint density at radius 1 is 1.50 bits per heavy atom. The van der Waals surface area contributed by atoms with Crippen LogP contribution in [0.1, 0.15) is 6.92 Å². The second kappa shape index (κ2) is 4.49. The predicted molar refractivity (Wildman–Crippen MR) is 39.3 cm³/mol. The van der Waals surface area contributed by atoms with Gasteiger partial charge in [0.2, 0.25) is 0 Å². The summed E-state index contributed by atoms with van der Waals surface area (Å²) in [7, 11) is 0. The lowest BCUT2D eigenvalue weighted by Gasteiger charge is -1.85. The fourth-order valence-corrected chi connectivity index (χ4v) is 0.327. The minimum absolute atomic E-state index is 0.262. The summed E-state index contributed by atoms with van der Waals surface area (Å²) in [6, 6.07) is 0. The van der Waals surface area contributed by atoms with Crippen LogP contribution in [0.4, 0.5) is 0 Å². The lowest BCUT2D eigenvalue weighted by atomic mass is 10.3. The van der Waals surface area contributed by atoms with Gasteiger partial charge in [-0.25, -0.2) is 4.79 Å². The summed E-state index contributed by atoms with van der Waals surface area (Å²) in [4.78, 5) is 10.1. The number of hydrogen-bond donors (Lipinski definition) is 2. The van der Waals surface area contributed by atoms with Crippen molar-refractivity contribution in [2.24, 2.45) is 0 Å². The normalized spacial score (nSPS) is 11.9. The molecule has 0 aliphatic rings. The van der Waals surface area contributed by atoms with Gasteiger partial charge in [-0.15, -0.1) is 0 Å². The standard InChI is InChI=1S/C7H9NO2/c1-6(7(9)10)4-2-3-5-8/h2-5,8H,1H3,(H,9,10)/b3-2-,6-4+,8-5?. The molecule has 0 spiro atoms. The van der Waals surface area contributed by atoms with Crippen LogP contribution < -0.4 is 0 Å². The van der Waals surface area contributed by atoms with Crippen molar-refractivity contribution in [1.29, 1.82) is 5.41 Å². The number of hydrogen-bond acceptors (Lipinski definition) is 2. The van der Waals surface area contributed by atoms with Crippen molar-refractivity contribution in [3.63, 3.8) is 0 Å². The van der Waals surface area contributed by atoms with Crippen LogP contribution >= 0.6 is 0 Å². The van der Waals surface area contributed by atoms with Gasteiger partial charge in [-0.3, -0.25) is 0 Å². The average Bonchev–Trinajstić information content (AvgIpc) is 1.88. The minimum Gasteiger partial charge on any atom is -0.478 e. The van der Waals surface area contributed by atoms with E-state index in [0.29, 0.717) is 0 Å². The van der Waals surface area contributed by atoms with Crippen molar-refractivity contribution in [2.45, 2.75) is 6.92 Å². The third kappa shape index (κ3) is 3.60. The molecule has 0 aromatic heterocycles. The monoisotopic (exact) mass is 139 g/mol.